The molecule has 3 heterocycles. The summed E-state index contributed by atoms with van der Waals surface area (Å²) in [5.41, 5.74) is 12.2. The van der Waals surface area contributed by atoms with Crippen LogP contribution in [-0.2, 0) is 26.2 Å². The Morgan fingerprint density at radius 2 is 1.36 bits per heavy atom. The van der Waals surface area contributed by atoms with Crippen molar-refractivity contribution in [3.63, 3.8) is 0 Å². The summed E-state index contributed by atoms with van der Waals surface area (Å²) in [7, 11) is 0. The van der Waals surface area contributed by atoms with Gasteiger partial charge in [0.15, 0.2) is 5.96 Å². The molecule has 2 fully saturated rings. The number of urea groups is 2. The van der Waals surface area contributed by atoms with Crippen molar-refractivity contribution in [2.24, 2.45) is 16.5 Å². The van der Waals surface area contributed by atoms with Crippen LogP contribution in [0.1, 0.15) is 120 Å². The van der Waals surface area contributed by atoms with Gasteiger partial charge in [-0.05, 0) is 91.3 Å². The standard InChI is InChI=1S/C19H28N6O.C16H31F2N3O2.C16H30FN3O4/c1-19(2,3)17-24-12-15(16(26)25-17)14-7-5-13(6-8-14)11-22-9-4-10-23-18(20)21;1-5-12(18)9-21-10-13(8-14(21)11-23-7-6-17)19-15(22)20-16(2,3)4;1-5-11(17)7-20-8-12(18-15(23)19-16(2,3)4)6-13(20)9-24-10-14(21)22/h5-8,12,22H,4,9-11H2,1-3H3,(H4,20,21,23)(H,24,25,26);12-14H,5-11H2,1-4H3,(H2,19,20,22);11-13H,5-10H2,1-4H3,(H,21,22)(H2,18,19,23)/t;12-,13+,14-;11-,12+,13-/m.00/s1. The van der Waals surface area contributed by atoms with Crippen LogP contribution in [0.25, 0.3) is 11.1 Å². The SMILES string of the molecule is CC(C)(C)c1ncc(-c2ccc(CNCCCN=C(N)N)cc2)c(=O)[nH]1.CC[C@H](F)CN1C[C@H](NC(=O)NC(C)(C)C)C[C@H]1COCC(=O)O.CC[C@H](F)CN1C[C@H](NC(=O)NC(C)(C)C)C[C@H]1COCCF. The number of carbonyl (C=O) groups excluding carboxylic acids is 2. The Morgan fingerprint density at radius 1 is 0.849 bits per heavy atom. The molecule has 22 heteroatoms. The van der Waals surface area contributed by atoms with E-state index in [1.165, 1.54) is 0 Å². The zero-order valence-corrected chi connectivity index (χ0v) is 45.3. The van der Waals surface area contributed by atoms with Gasteiger partial charge >= 0.3 is 18.0 Å². The molecule has 0 bridgehead atoms. The van der Waals surface area contributed by atoms with E-state index in [1.807, 2.05) is 103 Å². The lowest BCUT2D eigenvalue weighted by molar-refractivity contribution is -0.142. The number of rotatable bonds is 23. The van der Waals surface area contributed by atoms with Crippen LogP contribution in [0, 0.1) is 0 Å². The molecular formula is C51H89F3N12O7. The quantitative estimate of drug-likeness (QED) is 0.0398. The molecule has 0 spiro atoms. The molecule has 19 nitrogen and oxygen atoms in total. The molecule has 2 aliphatic heterocycles. The van der Waals surface area contributed by atoms with Crippen molar-refractivity contribution in [3.8, 4) is 11.1 Å². The number of guanidine groups is 1. The third kappa shape index (κ3) is 27.2. The van der Waals surface area contributed by atoms with Gasteiger partial charge in [0.2, 0.25) is 0 Å². The van der Waals surface area contributed by atoms with Gasteiger partial charge in [-0.1, -0.05) is 58.9 Å². The van der Waals surface area contributed by atoms with Crippen molar-refractivity contribution in [1.82, 2.24) is 46.4 Å². The molecule has 0 saturated carbocycles. The zero-order valence-electron chi connectivity index (χ0n) is 45.3. The number of hydrogen-bond donors (Lipinski definition) is 9. The maximum absolute atomic E-state index is 13.7. The van der Waals surface area contributed by atoms with Crippen LogP contribution in [0.3, 0.4) is 0 Å². The molecule has 11 N–H and O–H groups in total. The van der Waals surface area contributed by atoms with Gasteiger partial charge in [0.25, 0.3) is 5.56 Å². The highest BCUT2D eigenvalue weighted by Crippen LogP contribution is 2.23. The highest BCUT2D eigenvalue weighted by molar-refractivity contribution is 5.76. The number of carbonyl (C=O) groups is 3. The normalized spacial score (nSPS) is 19.1. The number of nitrogens with zero attached hydrogens (tertiary/aromatic N) is 4. The first kappa shape index (κ1) is 64.1. The first-order valence-corrected chi connectivity index (χ1v) is 25.4. The molecule has 4 amide bonds. The van der Waals surface area contributed by atoms with Gasteiger partial charge in [0.1, 0.15) is 31.4 Å². The molecule has 2 aromatic rings. The average Bonchev–Trinajstić information content (AvgIpc) is 3.84. The maximum atomic E-state index is 13.7. The number of aliphatic carboxylic acids is 1. The number of hydrogen-bond acceptors (Lipinski definition) is 11. The number of ether oxygens (including phenoxy) is 2. The van der Waals surface area contributed by atoms with E-state index in [4.69, 9.17) is 26.0 Å². The van der Waals surface area contributed by atoms with E-state index in [-0.39, 0.29) is 90.6 Å². The smallest absolute Gasteiger partial charge is 0.329 e. The van der Waals surface area contributed by atoms with Crippen LogP contribution < -0.4 is 43.6 Å². The van der Waals surface area contributed by atoms with Crippen molar-refractivity contribution in [2.75, 3.05) is 72.4 Å². The number of halogens is 3. The molecule has 0 aliphatic carbocycles. The van der Waals surface area contributed by atoms with Crippen molar-refractivity contribution < 1.29 is 42.1 Å². The minimum atomic E-state index is -1.03. The Hall–Kier alpha value is -5.03. The second-order valence-electron chi connectivity index (χ2n) is 21.7. The first-order chi connectivity index (χ1) is 34.1. The summed E-state index contributed by atoms with van der Waals surface area (Å²) in [5, 5.41) is 23.5. The van der Waals surface area contributed by atoms with Crippen molar-refractivity contribution in [2.45, 2.75) is 168 Å². The minimum absolute atomic E-state index is 0.00582. The van der Waals surface area contributed by atoms with Crippen molar-refractivity contribution >= 4 is 24.0 Å². The molecule has 6 atom stereocenters. The summed E-state index contributed by atoms with van der Waals surface area (Å²) in [6.07, 6.45) is 2.83. The lowest BCUT2D eigenvalue weighted by Crippen LogP contribution is -2.50. The Balaban J connectivity index is 0.000000376. The molecule has 0 radical (unpaired) electrons. The fraction of sp³-hybridized carbons (Fsp3) is 0.725. The van der Waals surface area contributed by atoms with E-state index in [2.05, 4.69) is 41.5 Å². The molecule has 2 saturated heterocycles. The zero-order chi connectivity index (χ0) is 54.9. The number of aromatic nitrogens is 2. The van der Waals surface area contributed by atoms with Crippen LogP contribution in [0.4, 0.5) is 22.8 Å². The number of alkyl halides is 3. The number of benzene rings is 1. The highest BCUT2D eigenvalue weighted by Gasteiger charge is 2.36. The van der Waals surface area contributed by atoms with E-state index >= 15 is 0 Å². The first-order valence-electron chi connectivity index (χ1n) is 25.4. The summed E-state index contributed by atoms with van der Waals surface area (Å²) in [6.45, 7) is 24.7. The summed E-state index contributed by atoms with van der Waals surface area (Å²) in [6, 6.07) is 7.16. The van der Waals surface area contributed by atoms with Gasteiger partial charge in [-0.15, -0.1) is 0 Å². The fourth-order valence-electron chi connectivity index (χ4n) is 7.85. The van der Waals surface area contributed by atoms with E-state index in [1.54, 1.807) is 13.1 Å². The predicted octanol–water partition coefficient (Wildman–Crippen LogP) is 5.13. The van der Waals surface area contributed by atoms with E-state index in [0.717, 1.165) is 30.6 Å². The van der Waals surface area contributed by atoms with Gasteiger partial charge in [0, 0.05) is 86.1 Å². The van der Waals surface area contributed by atoms with Crippen LogP contribution in [-0.4, -0.2) is 169 Å². The van der Waals surface area contributed by atoms with E-state index < -0.39 is 25.0 Å². The van der Waals surface area contributed by atoms with Gasteiger partial charge in [-0.3, -0.25) is 19.6 Å². The molecular weight excluding hydrogens is 950 g/mol. The molecule has 0 unspecified atom stereocenters. The topological polar surface area (TPSA) is 267 Å². The molecule has 4 rings (SSSR count). The fourth-order valence-corrected chi connectivity index (χ4v) is 7.85. The number of nitrogens with one attached hydrogen (secondary N) is 6. The molecule has 1 aromatic heterocycles. The second-order valence-corrected chi connectivity index (χ2v) is 21.7. The van der Waals surface area contributed by atoms with Crippen LogP contribution >= 0.6 is 0 Å². The van der Waals surface area contributed by atoms with E-state index in [9.17, 15) is 32.3 Å². The predicted molar refractivity (Wildman–Crippen MR) is 282 cm³/mol. The third-order valence-electron chi connectivity index (χ3n) is 11.4. The van der Waals surface area contributed by atoms with Crippen LogP contribution in [0.2, 0.25) is 0 Å². The van der Waals surface area contributed by atoms with E-state index in [0.29, 0.717) is 69.9 Å². The largest absolute Gasteiger partial charge is 0.480 e. The molecule has 73 heavy (non-hydrogen) atoms. The van der Waals surface area contributed by atoms with Gasteiger partial charge in [-0.2, -0.15) is 0 Å². The van der Waals surface area contributed by atoms with Gasteiger partial charge in [-0.25, -0.2) is 32.5 Å². The molecule has 2 aliphatic rings. The number of H-pyrrole nitrogens is 1. The minimum Gasteiger partial charge on any atom is -0.480 e. The maximum Gasteiger partial charge on any atom is 0.329 e. The number of carboxylic acids is 1. The monoisotopic (exact) mass is 1040 g/mol. The van der Waals surface area contributed by atoms with Gasteiger partial charge < -0.3 is 57.6 Å². The molecule has 416 valence electrons. The highest BCUT2D eigenvalue weighted by atomic mass is 19.1. The third-order valence-corrected chi connectivity index (χ3v) is 11.4. The lowest BCUT2D eigenvalue weighted by atomic mass is 9.95. The number of aromatic amines is 1. The van der Waals surface area contributed by atoms with Crippen molar-refractivity contribution in [1.29, 1.82) is 0 Å². The number of nitrogens with two attached hydrogens (primary N) is 2. The molecule has 1 aromatic carbocycles. The van der Waals surface area contributed by atoms with Gasteiger partial charge in [0.05, 0.1) is 25.4 Å². The summed E-state index contributed by atoms with van der Waals surface area (Å²) < 4.78 is 50.1. The van der Waals surface area contributed by atoms with Crippen LogP contribution in [0.15, 0.2) is 40.2 Å². The van der Waals surface area contributed by atoms with Crippen molar-refractivity contribution in [3.05, 3.63) is 52.2 Å². The number of amides is 4. The number of carboxylic acid groups (broad SMARTS) is 1. The summed E-state index contributed by atoms with van der Waals surface area (Å²) in [5.74, 6) is -0.218. The van der Waals surface area contributed by atoms with Crippen LogP contribution in [0.5, 0.6) is 0 Å². The number of aliphatic imine (C=N–C) groups is 1. The summed E-state index contributed by atoms with van der Waals surface area (Å²) in [4.78, 5) is 62.0. The summed E-state index contributed by atoms with van der Waals surface area (Å²) >= 11 is 0. The Kier molecular flexibility index (Phi) is 27.8. The lowest BCUT2D eigenvalue weighted by Gasteiger charge is -2.25. The second kappa shape index (κ2) is 31.6. The Labute approximate surface area is 431 Å². The Bertz CT molecular complexity index is 2020. The Morgan fingerprint density at radius 3 is 1.78 bits per heavy atom. The average molecular weight is 1040 g/mol. The number of likely N-dealkylation sites (tertiary alicyclic amines) is 2.